The first-order chi connectivity index (χ1) is 14.3. The summed E-state index contributed by atoms with van der Waals surface area (Å²) in [5, 5.41) is 9.95. The molecule has 1 fully saturated rings. The highest BCUT2D eigenvalue weighted by Gasteiger charge is 2.33. The summed E-state index contributed by atoms with van der Waals surface area (Å²) >= 11 is 0. The molecule has 1 aromatic heterocycles. The topological polar surface area (TPSA) is 72.7 Å². The van der Waals surface area contributed by atoms with Crippen LogP contribution in [0.2, 0.25) is 0 Å². The van der Waals surface area contributed by atoms with E-state index >= 15 is 0 Å². The molecule has 3 rings (SSSR count). The standard InChI is InChI=1S/C23H35N5O2/c1-6-7-8-26(5)15-21(29)27-9-11-28(12-10-27)22-19(14-24)18-13-23(3,4)30-16-20(18)17(2)25-22/h6-13,15-16H2,1-5H3. The average Bonchev–Trinajstić information content (AvgIpc) is 2.71. The number of rotatable bonds is 6. The predicted octanol–water partition coefficient (Wildman–Crippen LogP) is 2.49. The molecule has 0 aromatic carbocycles. The molecule has 1 saturated heterocycles. The predicted molar refractivity (Wildman–Crippen MR) is 117 cm³/mol. The van der Waals surface area contributed by atoms with Gasteiger partial charge in [0.1, 0.15) is 11.9 Å². The van der Waals surface area contributed by atoms with Gasteiger partial charge in [-0.2, -0.15) is 5.26 Å². The lowest BCUT2D eigenvalue weighted by molar-refractivity contribution is -0.132. The van der Waals surface area contributed by atoms with Gasteiger partial charge in [0.15, 0.2) is 0 Å². The second kappa shape index (κ2) is 9.32. The Morgan fingerprint density at radius 3 is 2.60 bits per heavy atom. The van der Waals surface area contributed by atoms with E-state index in [2.05, 4.69) is 36.6 Å². The number of aryl methyl sites for hydroxylation is 1. The van der Waals surface area contributed by atoms with Crippen molar-refractivity contribution in [3.05, 3.63) is 22.4 Å². The number of nitrogens with zero attached hydrogens (tertiary/aromatic N) is 5. The van der Waals surface area contributed by atoms with Crippen LogP contribution >= 0.6 is 0 Å². The molecule has 164 valence electrons. The Kier molecular flexibility index (Phi) is 6.99. The summed E-state index contributed by atoms with van der Waals surface area (Å²) in [5.41, 5.74) is 3.46. The largest absolute Gasteiger partial charge is 0.370 e. The average molecular weight is 414 g/mol. The van der Waals surface area contributed by atoms with E-state index < -0.39 is 0 Å². The number of likely N-dealkylation sites (N-methyl/N-ethyl adjacent to an activating group) is 1. The number of nitriles is 1. The number of pyridine rings is 1. The monoisotopic (exact) mass is 413 g/mol. The van der Waals surface area contributed by atoms with Crippen LogP contribution in [0, 0.1) is 18.3 Å². The molecule has 2 aliphatic heterocycles. The second-order valence-corrected chi connectivity index (χ2v) is 9.15. The Hall–Kier alpha value is -2.17. The van der Waals surface area contributed by atoms with Gasteiger partial charge in [0.25, 0.3) is 0 Å². The summed E-state index contributed by atoms with van der Waals surface area (Å²) in [6.45, 7) is 12.9. The van der Waals surface area contributed by atoms with Gasteiger partial charge in [-0.25, -0.2) is 4.98 Å². The molecule has 0 atom stereocenters. The van der Waals surface area contributed by atoms with Gasteiger partial charge in [-0.1, -0.05) is 13.3 Å². The lowest BCUT2D eigenvalue weighted by Crippen LogP contribution is -2.51. The molecular formula is C23H35N5O2. The number of carbonyl (C=O) groups is 1. The first-order valence-corrected chi connectivity index (χ1v) is 11.0. The van der Waals surface area contributed by atoms with Gasteiger partial charge in [0.05, 0.1) is 24.3 Å². The van der Waals surface area contributed by atoms with E-state index in [-0.39, 0.29) is 11.5 Å². The van der Waals surface area contributed by atoms with E-state index in [0.29, 0.717) is 51.3 Å². The van der Waals surface area contributed by atoms with Crippen molar-refractivity contribution >= 4 is 11.7 Å². The van der Waals surface area contributed by atoms with Crippen molar-refractivity contribution in [1.82, 2.24) is 14.8 Å². The SMILES string of the molecule is CCCCN(C)CC(=O)N1CCN(c2nc(C)c3c(c2C#N)CC(C)(C)OC3)CC1. The van der Waals surface area contributed by atoms with Crippen molar-refractivity contribution in [3.63, 3.8) is 0 Å². The highest BCUT2D eigenvalue weighted by atomic mass is 16.5. The Labute approximate surface area is 180 Å². The number of ether oxygens (including phenoxy) is 1. The molecule has 0 radical (unpaired) electrons. The molecule has 0 spiro atoms. The molecule has 0 saturated carbocycles. The van der Waals surface area contributed by atoms with Crippen molar-refractivity contribution in [3.8, 4) is 6.07 Å². The molecule has 30 heavy (non-hydrogen) atoms. The molecule has 3 heterocycles. The van der Waals surface area contributed by atoms with Gasteiger partial charge in [-0.15, -0.1) is 0 Å². The van der Waals surface area contributed by atoms with Crippen molar-refractivity contribution in [1.29, 1.82) is 5.26 Å². The number of hydrogen-bond acceptors (Lipinski definition) is 6. The Morgan fingerprint density at radius 1 is 1.27 bits per heavy atom. The summed E-state index contributed by atoms with van der Waals surface area (Å²) in [4.78, 5) is 23.6. The van der Waals surface area contributed by atoms with E-state index in [1.807, 2.05) is 18.9 Å². The molecule has 0 unspecified atom stereocenters. The highest BCUT2D eigenvalue weighted by Crippen LogP contribution is 2.35. The first-order valence-electron chi connectivity index (χ1n) is 11.0. The van der Waals surface area contributed by atoms with Gasteiger partial charge in [-0.3, -0.25) is 9.69 Å². The van der Waals surface area contributed by atoms with Crippen LogP contribution in [0.3, 0.4) is 0 Å². The molecule has 7 nitrogen and oxygen atoms in total. The van der Waals surface area contributed by atoms with Crippen molar-refractivity contribution in [2.45, 2.75) is 59.2 Å². The Bertz CT molecular complexity index is 822. The second-order valence-electron chi connectivity index (χ2n) is 9.15. The van der Waals surface area contributed by atoms with Crippen molar-refractivity contribution in [2.24, 2.45) is 0 Å². The van der Waals surface area contributed by atoms with Crippen LogP contribution < -0.4 is 4.90 Å². The molecule has 2 aliphatic rings. The number of carbonyl (C=O) groups excluding carboxylic acids is 1. The summed E-state index contributed by atoms with van der Waals surface area (Å²) < 4.78 is 5.94. The Morgan fingerprint density at radius 2 is 1.97 bits per heavy atom. The number of anilines is 1. The van der Waals surface area contributed by atoms with Crippen LogP contribution in [0.15, 0.2) is 0 Å². The molecular weight excluding hydrogens is 378 g/mol. The maximum atomic E-state index is 12.6. The van der Waals surface area contributed by atoms with Gasteiger partial charge in [0.2, 0.25) is 5.91 Å². The number of fused-ring (bicyclic) bond motifs is 1. The van der Waals surface area contributed by atoms with Gasteiger partial charge in [0, 0.05) is 43.9 Å². The molecule has 0 aliphatic carbocycles. The third-order valence-electron chi connectivity index (χ3n) is 6.15. The minimum atomic E-state index is -0.279. The third-order valence-corrected chi connectivity index (χ3v) is 6.15. The maximum absolute atomic E-state index is 12.6. The van der Waals surface area contributed by atoms with Crippen LogP contribution in [-0.4, -0.2) is 72.6 Å². The lowest BCUT2D eigenvalue weighted by atomic mass is 9.88. The molecule has 0 bridgehead atoms. The van der Waals surface area contributed by atoms with Gasteiger partial charge < -0.3 is 14.5 Å². The summed E-state index contributed by atoms with van der Waals surface area (Å²) in [6.07, 6.45) is 2.96. The first kappa shape index (κ1) is 22.5. The Balaban J connectivity index is 1.71. The van der Waals surface area contributed by atoms with E-state index in [9.17, 15) is 10.1 Å². The summed E-state index contributed by atoms with van der Waals surface area (Å²) in [6, 6.07) is 2.42. The van der Waals surface area contributed by atoms with E-state index in [1.54, 1.807) is 0 Å². The quantitative estimate of drug-likeness (QED) is 0.713. The van der Waals surface area contributed by atoms with Crippen LogP contribution in [0.4, 0.5) is 5.82 Å². The van der Waals surface area contributed by atoms with E-state index in [4.69, 9.17) is 9.72 Å². The number of unbranched alkanes of at least 4 members (excludes halogenated alkanes) is 1. The normalized spacial score (nSPS) is 18.3. The number of piperazine rings is 1. The maximum Gasteiger partial charge on any atom is 0.236 e. The lowest BCUT2D eigenvalue weighted by Gasteiger charge is -2.38. The smallest absolute Gasteiger partial charge is 0.236 e. The summed E-state index contributed by atoms with van der Waals surface area (Å²) in [7, 11) is 2.01. The number of amides is 1. The fraction of sp³-hybridized carbons (Fsp3) is 0.696. The zero-order chi connectivity index (χ0) is 21.9. The summed E-state index contributed by atoms with van der Waals surface area (Å²) in [5.74, 6) is 0.945. The van der Waals surface area contributed by atoms with E-state index in [1.165, 1.54) is 0 Å². The minimum Gasteiger partial charge on any atom is -0.370 e. The molecule has 1 amide bonds. The molecule has 1 aromatic rings. The van der Waals surface area contributed by atoms with Gasteiger partial charge in [-0.05, 0) is 46.3 Å². The highest BCUT2D eigenvalue weighted by molar-refractivity contribution is 5.78. The van der Waals surface area contributed by atoms with Crippen molar-refractivity contribution < 1.29 is 9.53 Å². The molecule has 7 heteroatoms. The van der Waals surface area contributed by atoms with E-state index in [0.717, 1.165) is 42.0 Å². The van der Waals surface area contributed by atoms with Crippen LogP contribution in [0.25, 0.3) is 0 Å². The van der Waals surface area contributed by atoms with Crippen LogP contribution in [0.1, 0.15) is 56.0 Å². The fourth-order valence-corrected chi connectivity index (χ4v) is 4.27. The van der Waals surface area contributed by atoms with Crippen LogP contribution in [-0.2, 0) is 22.6 Å². The number of aromatic nitrogens is 1. The van der Waals surface area contributed by atoms with Crippen molar-refractivity contribution in [2.75, 3.05) is 51.2 Å². The number of hydrogen-bond donors (Lipinski definition) is 0. The zero-order valence-electron chi connectivity index (χ0n) is 19.1. The molecule has 0 N–H and O–H groups in total. The van der Waals surface area contributed by atoms with Crippen LogP contribution in [0.5, 0.6) is 0 Å². The van der Waals surface area contributed by atoms with Gasteiger partial charge >= 0.3 is 0 Å². The fourth-order valence-electron chi connectivity index (χ4n) is 4.27. The third kappa shape index (κ3) is 4.93. The minimum absolute atomic E-state index is 0.183. The zero-order valence-corrected chi connectivity index (χ0v) is 19.1.